The zero-order chi connectivity index (χ0) is 14.7. The van der Waals surface area contributed by atoms with Gasteiger partial charge in [0.1, 0.15) is 11.9 Å². The number of carbonyl (C=O) groups is 1. The van der Waals surface area contributed by atoms with Crippen LogP contribution in [0.25, 0.3) is 0 Å². The number of benzene rings is 1. The molecule has 0 aromatic heterocycles. The molecule has 0 spiro atoms. The molecule has 2 unspecified atom stereocenters. The Morgan fingerprint density at radius 1 is 1.45 bits per heavy atom. The van der Waals surface area contributed by atoms with Crippen LogP contribution in [0.2, 0.25) is 0 Å². The molecule has 0 heterocycles. The molecule has 20 heavy (non-hydrogen) atoms. The third-order valence-corrected chi connectivity index (χ3v) is 3.21. The van der Waals surface area contributed by atoms with Crippen molar-refractivity contribution in [2.45, 2.75) is 38.9 Å². The number of hydrogen-bond donors (Lipinski definition) is 0. The van der Waals surface area contributed by atoms with Crippen LogP contribution in [0.4, 0.5) is 5.69 Å². The maximum atomic E-state index is 11.5. The molecule has 2 atom stereocenters. The van der Waals surface area contributed by atoms with E-state index in [1.165, 1.54) is 6.07 Å². The number of rotatable bonds is 6. The van der Waals surface area contributed by atoms with Gasteiger partial charge in [0.2, 0.25) is 0 Å². The smallest absolute Gasteiger partial charge is 0.272 e. The molecule has 0 saturated heterocycles. The van der Waals surface area contributed by atoms with E-state index < -0.39 is 11.0 Å². The Morgan fingerprint density at radius 2 is 2.20 bits per heavy atom. The molecule has 108 valence electrons. The predicted molar refractivity (Wildman–Crippen MR) is 71.9 cm³/mol. The Labute approximate surface area is 116 Å². The van der Waals surface area contributed by atoms with Gasteiger partial charge in [-0.15, -0.1) is 0 Å². The van der Waals surface area contributed by atoms with Gasteiger partial charge in [0, 0.05) is 24.7 Å². The van der Waals surface area contributed by atoms with Crippen LogP contribution in [0, 0.1) is 17.0 Å². The van der Waals surface area contributed by atoms with E-state index in [1.54, 1.807) is 19.1 Å². The number of nitro groups is 1. The lowest BCUT2D eigenvalue weighted by molar-refractivity contribution is -0.385. The largest absolute Gasteiger partial charge is 0.487 e. The number of aryl methyl sites for hydroxylation is 1. The summed E-state index contributed by atoms with van der Waals surface area (Å²) in [5.41, 5.74) is 0.588. The van der Waals surface area contributed by atoms with E-state index in [-0.39, 0.29) is 17.6 Å². The van der Waals surface area contributed by atoms with Gasteiger partial charge in [-0.2, -0.15) is 0 Å². The van der Waals surface area contributed by atoms with E-state index in [0.29, 0.717) is 24.3 Å². The molecule has 6 nitrogen and oxygen atoms in total. The highest BCUT2D eigenvalue weighted by Gasteiger charge is 2.42. The first-order valence-corrected chi connectivity index (χ1v) is 6.59. The molecule has 0 aliphatic heterocycles. The molecular formula is C14H17NO5. The zero-order valence-electron chi connectivity index (χ0n) is 11.5. The predicted octanol–water partition coefficient (Wildman–Crippen LogP) is 2.42. The number of carbonyl (C=O) groups excluding carboxylic acids is 1. The van der Waals surface area contributed by atoms with Gasteiger partial charge in [0.25, 0.3) is 5.69 Å². The maximum absolute atomic E-state index is 11.5. The van der Waals surface area contributed by atoms with Crippen molar-refractivity contribution in [3.63, 3.8) is 0 Å². The summed E-state index contributed by atoms with van der Waals surface area (Å²) in [4.78, 5) is 21.8. The van der Waals surface area contributed by atoms with E-state index in [1.807, 2.05) is 6.92 Å². The molecule has 2 rings (SSSR count). The lowest BCUT2D eigenvalue weighted by Gasteiger charge is -2.34. The lowest BCUT2D eigenvalue weighted by Crippen LogP contribution is -2.52. The Bertz CT molecular complexity index is 528. The first-order chi connectivity index (χ1) is 9.52. The van der Waals surface area contributed by atoms with Crippen molar-refractivity contribution < 1.29 is 19.2 Å². The van der Waals surface area contributed by atoms with Crippen molar-refractivity contribution in [3.05, 3.63) is 33.9 Å². The third-order valence-electron chi connectivity index (χ3n) is 3.21. The molecule has 0 amide bonds. The van der Waals surface area contributed by atoms with Crippen molar-refractivity contribution in [2.75, 3.05) is 6.61 Å². The van der Waals surface area contributed by atoms with Crippen molar-refractivity contribution in [3.8, 4) is 5.75 Å². The zero-order valence-corrected chi connectivity index (χ0v) is 11.5. The molecule has 0 N–H and O–H groups in total. The monoisotopic (exact) mass is 279 g/mol. The SMILES string of the molecule is CCCOC1C(=O)CC1Oc1ccc([N+](=O)[O-])c(C)c1. The van der Waals surface area contributed by atoms with Crippen molar-refractivity contribution in [1.29, 1.82) is 0 Å². The normalized spacial score (nSPS) is 21.4. The number of ketones is 1. The summed E-state index contributed by atoms with van der Waals surface area (Å²) < 4.78 is 11.1. The fourth-order valence-electron chi connectivity index (χ4n) is 2.10. The highest BCUT2D eigenvalue weighted by Crippen LogP contribution is 2.29. The van der Waals surface area contributed by atoms with Crippen LogP contribution in [0.1, 0.15) is 25.3 Å². The standard InChI is InChI=1S/C14H17NO5/c1-3-6-19-14-12(16)8-13(14)20-10-4-5-11(15(17)18)9(2)7-10/h4-5,7,13-14H,3,6,8H2,1-2H3. The molecule has 0 bridgehead atoms. The number of nitrogens with zero attached hydrogens (tertiary/aromatic N) is 1. The summed E-state index contributed by atoms with van der Waals surface area (Å²) in [6.45, 7) is 4.15. The second-order valence-electron chi connectivity index (χ2n) is 4.82. The molecule has 1 aromatic carbocycles. The molecule has 1 aliphatic carbocycles. The minimum atomic E-state index is -0.509. The van der Waals surface area contributed by atoms with Gasteiger partial charge in [-0.1, -0.05) is 6.92 Å². The molecule has 1 aliphatic rings. The second kappa shape index (κ2) is 6.00. The molecule has 6 heteroatoms. The average molecular weight is 279 g/mol. The summed E-state index contributed by atoms with van der Waals surface area (Å²) in [6.07, 6.45) is 0.359. The van der Waals surface area contributed by atoms with Gasteiger partial charge in [0.05, 0.1) is 4.92 Å². The van der Waals surface area contributed by atoms with Crippen LogP contribution in [-0.4, -0.2) is 29.5 Å². The molecule has 1 aromatic rings. The van der Waals surface area contributed by atoms with Crippen LogP contribution >= 0.6 is 0 Å². The van der Waals surface area contributed by atoms with Crippen LogP contribution in [0.3, 0.4) is 0 Å². The van der Waals surface area contributed by atoms with Gasteiger partial charge < -0.3 is 9.47 Å². The first-order valence-electron chi connectivity index (χ1n) is 6.59. The quantitative estimate of drug-likeness (QED) is 0.590. The Hall–Kier alpha value is -1.95. The molecule has 1 saturated carbocycles. The van der Waals surface area contributed by atoms with Crippen LogP contribution in [-0.2, 0) is 9.53 Å². The van der Waals surface area contributed by atoms with Gasteiger partial charge in [-0.25, -0.2) is 0 Å². The molecule has 0 radical (unpaired) electrons. The minimum absolute atomic E-state index is 0.0436. The van der Waals surface area contributed by atoms with Crippen LogP contribution < -0.4 is 4.74 Å². The lowest BCUT2D eigenvalue weighted by atomic mass is 9.90. The maximum Gasteiger partial charge on any atom is 0.272 e. The van der Waals surface area contributed by atoms with E-state index in [9.17, 15) is 14.9 Å². The molecule has 1 fully saturated rings. The van der Waals surface area contributed by atoms with Gasteiger partial charge in [-0.05, 0) is 25.5 Å². The van der Waals surface area contributed by atoms with Crippen LogP contribution in [0.15, 0.2) is 18.2 Å². The van der Waals surface area contributed by atoms with E-state index >= 15 is 0 Å². The Balaban J connectivity index is 2.01. The van der Waals surface area contributed by atoms with Crippen LogP contribution in [0.5, 0.6) is 5.75 Å². The Morgan fingerprint density at radius 3 is 2.75 bits per heavy atom. The van der Waals surface area contributed by atoms with Crippen molar-refractivity contribution >= 4 is 11.5 Å². The number of ether oxygens (including phenoxy) is 2. The van der Waals surface area contributed by atoms with Gasteiger partial charge in [-0.3, -0.25) is 14.9 Å². The fourth-order valence-corrected chi connectivity index (χ4v) is 2.10. The number of nitro benzene ring substituents is 1. The topological polar surface area (TPSA) is 78.7 Å². The number of Topliss-reactive ketones (excluding diaryl/α,β-unsaturated/α-hetero) is 1. The summed E-state index contributed by atoms with van der Waals surface area (Å²) in [5.74, 6) is 0.567. The highest BCUT2D eigenvalue weighted by atomic mass is 16.6. The summed E-state index contributed by atoms with van der Waals surface area (Å²) in [6, 6.07) is 4.57. The summed E-state index contributed by atoms with van der Waals surface area (Å²) in [7, 11) is 0. The summed E-state index contributed by atoms with van der Waals surface area (Å²) >= 11 is 0. The van der Waals surface area contributed by atoms with Crippen molar-refractivity contribution in [1.82, 2.24) is 0 Å². The average Bonchev–Trinajstić information content (AvgIpc) is 2.38. The van der Waals surface area contributed by atoms with Gasteiger partial charge >= 0.3 is 0 Å². The van der Waals surface area contributed by atoms with E-state index in [0.717, 1.165) is 6.42 Å². The first kappa shape index (κ1) is 14.5. The fraction of sp³-hybridized carbons (Fsp3) is 0.500. The Kier molecular flexibility index (Phi) is 4.34. The van der Waals surface area contributed by atoms with Crippen molar-refractivity contribution in [2.24, 2.45) is 0 Å². The third kappa shape index (κ3) is 2.96. The highest BCUT2D eigenvalue weighted by molar-refractivity contribution is 5.90. The number of hydrogen-bond acceptors (Lipinski definition) is 5. The summed E-state index contributed by atoms with van der Waals surface area (Å²) in [5, 5.41) is 10.7. The molecular weight excluding hydrogens is 262 g/mol. The van der Waals surface area contributed by atoms with E-state index in [2.05, 4.69) is 0 Å². The van der Waals surface area contributed by atoms with Gasteiger partial charge in [0.15, 0.2) is 11.9 Å². The minimum Gasteiger partial charge on any atom is -0.487 e. The van der Waals surface area contributed by atoms with E-state index in [4.69, 9.17) is 9.47 Å². The second-order valence-corrected chi connectivity index (χ2v) is 4.82.